The molecule has 0 spiro atoms. The lowest BCUT2D eigenvalue weighted by Crippen LogP contribution is -2.49. The van der Waals surface area contributed by atoms with E-state index in [0.717, 1.165) is 11.1 Å². The number of alkyl carbamates (subject to hydrolysis) is 1. The van der Waals surface area contributed by atoms with Gasteiger partial charge in [0.1, 0.15) is 16.9 Å². The second-order valence-electron chi connectivity index (χ2n) is 8.12. The molecule has 3 aromatic rings. The van der Waals surface area contributed by atoms with Gasteiger partial charge in [-0.05, 0) is 36.6 Å². The number of aromatic nitrogens is 1. The fraction of sp³-hybridized carbons (Fsp3) is 0.269. The van der Waals surface area contributed by atoms with Gasteiger partial charge >= 0.3 is 12.2 Å². The summed E-state index contributed by atoms with van der Waals surface area (Å²) < 4.78 is 9.61. The van der Waals surface area contributed by atoms with E-state index in [1.54, 1.807) is 36.6 Å². The SMILES string of the molecule is CCOC(=O)Nc1csc([C@H](Cc2ccc(C(N)=O)cc2)NC(=O)[C@H](Cc2ccccc2)NC(=O)OC)n1. The van der Waals surface area contributed by atoms with Crippen molar-refractivity contribution in [2.24, 2.45) is 5.73 Å². The monoisotopic (exact) mass is 539 g/mol. The zero-order valence-corrected chi connectivity index (χ0v) is 21.7. The van der Waals surface area contributed by atoms with Crippen LogP contribution in [-0.4, -0.2) is 48.7 Å². The van der Waals surface area contributed by atoms with Crippen LogP contribution in [0.5, 0.6) is 0 Å². The number of benzene rings is 2. The number of carbonyl (C=O) groups excluding carboxylic acids is 4. The van der Waals surface area contributed by atoms with Crippen molar-refractivity contribution in [3.05, 3.63) is 81.7 Å². The second-order valence-corrected chi connectivity index (χ2v) is 9.01. The van der Waals surface area contributed by atoms with E-state index < -0.39 is 36.1 Å². The van der Waals surface area contributed by atoms with E-state index in [1.807, 2.05) is 30.3 Å². The number of primary amides is 1. The Labute approximate surface area is 223 Å². The summed E-state index contributed by atoms with van der Waals surface area (Å²) in [5.41, 5.74) is 7.34. The number of ether oxygens (including phenoxy) is 2. The van der Waals surface area contributed by atoms with Gasteiger partial charge in [0.2, 0.25) is 11.8 Å². The number of amides is 4. The van der Waals surface area contributed by atoms with Crippen LogP contribution in [-0.2, 0) is 27.1 Å². The Morgan fingerprint density at radius 2 is 1.63 bits per heavy atom. The molecule has 2 aromatic carbocycles. The third-order valence-electron chi connectivity index (χ3n) is 5.40. The Morgan fingerprint density at radius 1 is 0.947 bits per heavy atom. The molecule has 0 aliphatic carbocycles. The first-order valence-corrected chi connectivity index (χ1v) is 12.6. The average Bonchev–Trinajstić information content (AvgIpc) is 3.37. The maximum Gasteiger partial charge on any atom is 0.412 e. The van der Waals surface area contributed by atoms with Gasteiger partial charge in [-0.3, -0.25) is 14.9 Å². The number of hydrogen-bond acceptors (Lipinski definition) is 8. The molecule has 3 rings (SSSR count). The quantitative estimate of drug-likeness (QED) is 0.291. The van der Waals surface area contributed by atoms with E-state index in [0.29, 0.717) is 17.0 Å². The number of nitrogens with zero attached hydrogens (tertiary/aromatic N) is 1. The van der Waals surface area contributed by atoms with Crippen molar-refractivity contribution in [1.29, 1.82) is 0 Å². The molecule has 0 aliphatic rings. The van der Waals surface area contributed by atoms with E-state index in [9.17, 15) is 19.2 Å². The number of thiazole rings is 1. The summed E-state index contributed by atoms with van der Waals surface area (Å²) in [5.74, 6) is -0.720. The molecule has 11 nitrogen and oxygen atoms in total. The third-order valence-corrected chi connectivity index (χ3v) is 6.36. The van der Waals surface area contributed by atoms with Gasteiger partial charge in [-0.1, -0.05) is 42.5 Å². The van der Waals surface area contributed by atoms with Crippen LogP contribution in [0, 0.1) is 0 Å². The van der Waals surface area contributed by atoms with Crippen molar-refractivity contribution < 1.29 is 28.7 Å². The van der Waals surface area contributed by atoms with Crippen LogP contribution in [0.1, 0.15) is 39.5 Å². The summed E-state index contributed by atoms with van der Waals surface area (Å²) in [7, 11) is 1.22. The molecular weight excluding hydrogens is 510 g/mol. The van der Waals surface area contributed by atoms with Gasteiger partial charge in [-0.25, -0.2) is 14.6 Å². The van der Waals surface area contributed by atoms with Crippen molar-refractivity contribution in [3.63, 3.8) is 0 Å². The lowest BCUT2D eigenvalue weighted by atomic mass is 10.0. The minimum absolute atomic E-state index is 0.207. The fourth-order valence-corrected chi connectivity index (χ4v) is 4.35. The number of carbonyl (C=O) groups is 4. The van der Waals surface area contributed by atoms with Gasteiger partial charge in [0.05, 0.1) is 19.8 Å². The molecule has 0 aliphatic heterocycles. The summed E-state index contributed by atoms with van der Waals surface area (Å²) in [4.78, 5) is 53.1. The van der Waals surface area contributed by atoms with E-state index in [1.165, 1.54) is 18.4 Å². The Kier molecular flexibility index (Phi) is 10.2. The van der Waals surface area contributed by atoms with E-state index in [2.05, 4.69) is 20.9 Å². The molecule has 12 heteroatoms. The predicted octanol–water partition coefficient (Wildman–Crippen LogP) is 3.18. The maximum absolute atomic E-state index is 13.4. The lowest BCUT2D eigenvalue weighted by molar-refractivity contribution is -0.123. The molecule has 1 heterocycles. The number of anilines is 1. The smallest absolute Gasteiger partial charge is 0.412 e. The molecule has 38 heavy (non-hydrogen) atoms. The van der Waals surface area contributed by atoms with Crippen LogP contribution in [0.2, 0.25) is 0 Å². The standard InChI is InChI=1S/C26H29N5O6S/c1-3-37-26(35)31-21-15-38-24(30-21)20(14-17-9-11-18(12-10-17)22(27)32)28-23(33)19(29-25(34)36-2)13-16-7-5-4-6-8-16/h4-12,15,19-20H,3,13-14H2,1-2H3,(H2,27,32)(H,28,33)(H,29,34)(H,31,35)/t19-,20-/m0/s1. The second kappa shape index (κ2) is 13.7. The van der Waals surface area contributed by atoms with E-state index in [-0.39, 0.29) is 18.8 Å². The molecule has 5 N–H and O–H groups in total. The van der Waals surface area contributed by atoms with Crippen molar-refractivity contribution >= 4 is 41.2 Å². The molecule has 0 saturated carbocycles. The largest absolute Gasteiger partial charge is 0.453 e. The predicted molar refractivity (Wildman–Crippen MR) is 142 cm³/mol. The minimum atomic E-state index is -0.929. The summed E-state index contributed by atoms with van der Waals surface area (Å²) in [5, 5.41) is 10.2. The molecule has 2 atom stereocenters. The highest BCUT2D eigenvalue weighted by Crippen LogP contribution is 2.25. The number of nitrogens with one attached hydrogen (secondary N) is 3. The normalized spacial score (nSPS) is 12.1. The first kappa shape index (κ1) is 28.1. The summed E-state index contributed by atoms with van der Waals surface area (Å²) in [6.07, 6.45) is -0.838. The summed E-state index contributed by atoms with van der Waals surface area (Å²) in [6.45, 7) is 1.90. The molecule has 0 radical (unpaired) electrons. The zero-order valence-electron chi connectivity index (χ0n) is 20.9. The Bertz CT molecular complexity index is 1250. The molecule has 1 aromatic heterocycles. The third kappa shape index (κ3) is 8.30. The van der Waals surface area contributed by atoms with Crippen molar-refractivity contribution in [2.75, 3.05) is 19.0 Å². The van der Waals surface area contributed by atoms with Gasteiger partial charge in [0, 0.05) is 17.4 Å². The van der Waals surface area contributed by atoms with Crippen LogP contribution in [0.15, 0.2) is 60.0 Å². The van der Waals surface area contributed by atoms with Gasteiger partial charge in [-0.15, -0.1) is 11.3 Å². The van der Waals surface area contributed by atoms with Gasteiger partial charge < -0.3 is 25.8 Å². The number of methoxy groups -OCH3 is 1. The van der Waals surface area contributed by atoms with E-state index in [4.69, 9.17) is 15.2 Å². The van der Waals surface area contributed by atoms with Crippen LogP contribution in [0.4, 0.5) is 15.4 Å². The van der Waals surface area contributed by atoms with Gasteiger partial charge in [0.15, 0.2) is 0 Å². The lowest BCUT2D eigenvalue weighted by Gasteiger charge is -2.22. The van der Waals surface area contributed by atoms with E-state index >= 15 is 0 Å². The van der Waals surface area contributed by atoms with Gasteiger partial charge in [-0.2, -0.15) is 0 Å². The van der Waals surface area contributed by atoms with Gasteiger partial charge in [0.25, 0.3) is 0 Å². The molecule has 4 amide bonds. The molecular formula is C26H29N5O6S. The van der Waals surface area contributed by atoms with Crippen LogP contribution in [0.3, 0.4) is 0 Å². The van der Waals surface area contributed by atoms with Crippen molar-refractivity contribution in [2.45, 2.75) is 31.8 Å². The highest BCUT2D eigenvalue weighted by molar-refractivity contribution is 7.10. The molecule has 0 unspecified atom stereocenters. The topological polar surface area (TPSA) is 162 Å². The Balaban J connectivity index is 1.85. The number of hydrogen-bond donors (Lipinski definition) is 4. The van der Waals surface area contributed by atoms with Crippen LogP contribution < -0.4 is 21.7 Å². The number of nitrogens with two attached hydrogens (primary N) is 1. The van der Waals surface area contributed by atoms with Crippen molar-refractivity contribution in [3.8, 4) is 0 Å². The maximum atomic E-state index is 13.4. The highest BCUT2D eigenvalue weighted by Gasteiger charge is 2.27. The number of rotatable bonds is 11. The van der Waals surface area contributed by atoms with Crippen molar-refractivity contribution in [1.82, 2.24) is 15.6 Å². The Hall–Kier alpha value is -4.45. The average molecular weight is 540 g/mol. The minimum Gasteiger partial charge on any atom is -0.453 e. The molecule has 0 fully saturated rings. The fourth-order valence-electron chi connectivity index (χ4n) is 3.55. The summed E-state index contributed by atoms with van der Waals surface area (Å²) >= 11 is 1.24. The molecule has 200 valence electrons. The summed E-state index contributed by atoms with van der Waals surface area (Å²) in [6, 6.07) is 14.4. The van der Waals surface area contributed by atoms with Crippen LogP contribution in [0.25, 0.3) is 0 Å². The first-order chi connectivity index (χ1) is 18.3. The zero-order chi connectivity index (χ0) is 27.5. The Morgan fingerprint density at radius 3 is 2.26 bits per heavy atom. The first-order valence-electron chi connectivity index (χ1n) is 11.8. The van der Waals surface area contributed by atoms with Crippen LogP contribution >= 0.6 is 11.3 Å². The molecule has 0 bridgehead atoms. The highest BCUT2D eigenvalue weighted by atomic mass is 32.1. The molecule has 0 saturated heterocycles.